The van der Waals surface area contributed by atoms with Crippen LogP contribution in [0.1, 0.15) is 36.8 Å². The molecule has 0 aliphatic carbocycles. The Morgan fingerprint density at radius 1 is 1.21 bits per heavy atom. The van der Waals surface area contributed by atoms with Crippen LogP contribution in [-0.2, 0) is 27.2 Å². The standard InChI is InChI=1S/C21H22N2O5S/c1-13(28-14(2)24)16-5-6-17(22-12-16)9-10-27-18-7-3-15(4-8-18)11-19-20(25)23-21(26)29-19/h3-8,12-13,19H,9-11H2,1-2H3,(H,23,25,26)/t13?,19-/m1/s1. The lowest BCUT2D eigenvalue weighted by Crippen LogP contribution is -2.25. The molecule has 2 heterocycles. The summed E-state index contributed by atoms with van der Waals surface area (Å²) in [6.07, 6.45) is 2.53. The summed E-state index contributed by atoms with van der Waals surface area (Å²) in [6.45, 7) is 3.66. The maximum atomic E-state index is 11.6. The second-order valence-electron chi connectivity index (χ2n) is 6.66. The summed E-state index contributed by atoms with van der Waals surface area (Å²) in [5.41, 5.74) is 2.70. The number of rotatable bonds is 8. The van der Waals surface area contributed by atoms with Crippen molar-refractivity contribution in [2.24, 2.45) is 0 Å². The molecule has 1 aromatic heterocycles. The number of aromatic nitrogens is 1. The highest BCUT2D eigenvalue weighted by atomic mass is 32.2. The van der Waals surface area contributed by atoms with Crippen LogP contribution in [0.3, 0.4) is 0 Å². The predicted octanol–water partition coefficient (Wildman–Crippen LogP) is 3.22. The smallest absolute Gasteiger partial charge is 0.303 e. The van der Waals surface area contributed by atoms with E-state index in [0.29, 0.717) is 19.4 Å². The topological polar surface area (TPSA) is 94.6 Å². The molecule has 1 N–H and O–H groups in total. The van der Waals surface area contributed by atoms with E-state index in [2.05, 4.69) is 10.3 Å². The van der Waals surface area contributed by atoms with Crippen molar-refractivity contribution in [2.45, 2.75) is 38.0 Å². The molecule has 152 valence electrons. The first-order chi connectivity index (χ1) is 13.9. The number of ether oxygens (including phenoxy) is 2. The van der Waals surface area contributed by atoms with E-state index >= 15 is 0 Å². The van der Waals surface area contributed by atoms with Gasteiger partial charge in [-0.25, -0.2) is 0 Å². The summed E-state index contributed by atoms with van der Waals surface area (Å²) >= 11 is 1.03. The van der Waals surface area contributed by atoms with Crippen LogP contribution in [0.2, 0.25) is 0 Å². The highest BCUT2D eigenvalue weighted by Gasteiger charge is 2.31. The first-order valence-electron chi connectivity index (χ1n) is 9.26. The highest BCUT2D eigenvalue weighted by molar-refractivity contribution is 8.15. The summed E-state index contributed by atoms with van der Waals surface area (Å²) in [7, 11) is 0. The Morgan fingerprint density at radius 2 is 1.97 bits per heavy atom. The molecule has 1 aromatic carbocycles. The molecule has 0 bridgehead atoms. The fourth-order valence-corrected chi connectivity index (χ4v) is 3.74. The summed E-state index contributed by atoms with van der Waals surface area (Å²) in [6, 6.07) is 11.3. The Labute approximate surface area is 173 Å². The van der Waals surface area contributed by atoms with Gasteiger partial charge in [-0.3, -0.25) is 24.7 Å². The van der Waals surface area contributed by atoms with Gasteiger partial charge in [0.15, 0.2) is 0 Å². The molecule has 3 rings (SSSR count). The zero-order chi connectivity index (χ0) is 20.8. The van der Waals surface area contributed by atoms with Crippen LogP contribution >= 0.6 is 11.8 Å². The van der Waals surface area contributed by atoms with Gasteiger partial charge in [-0.05, 0) is 37.1 Å². The lowest BCUT2D eigenvalue weighted by atomic mass is 10.1. The lowest BCUT2D eigenvalue weighted by molar-refractivity contribution is -0.145. The van der Waals surface area contributed by atoms with E-state index in [-0.39, 0.29) is 28.5 Å². The maximum absolute atomic E-state index is 11.6. The number of carbonyl (C=O) groups is 3. The first kappa shape index (κ1) is 20.9. The lowest BCUT2D eigenvalue weighted by Gasteiger charge is -2.12. The summed E-state index contributed by atoms with van der Waals surface area (Å²) in [5.74, 6) is 0.175. The third-order valence-corrected chi connectivity index (χ3v) is 5.38. The molecule has 7 nitrogen and oxygen atoms in total. The average Bonchev–Trinajstić information content (AvgIpc) is 3.00. The van der Waals surface area contributed by atoms with E-state index in [1.807, 2.05) is 36.4 Å². The molecule has 0 radical (unpaired) electrons. The third-order valence-electron chi connectivity index (χ3n) is 4.40. The van der Waals surface area contributed by atoms with Gasteiger partial charge in [-0.1, -0.05) is 30.0 Å². The van der Waals surface area contributed by atoms with E-state index in [0.717, 1.165) is 34.3 Å². The van der Waals surface area contributed by atoms with Gasteiger partial charge < -0.3 is 9.47 Å². The molecule has 2 aromatic rings. The fraction of sp³-hybridized carbons (Fsp3) is 0.333. The zero-order valence-electron chi connectivity index (χ0n) is 16.2. The minimum atomic E-state index is -0.369. The van der Waals surface area contributed by atoms with Crippen molar-refractivity contribution in [3.05, 3.63) is 59.4 Å². The van der Waals surface area contributed by atoms with Crippen LogP contribution in [0.5, 0.6) is 5.75 Å². The van der Waals surface area contributed by atoms with Gasteiger partial charge >= 0.3 is 5.97 Å². The number of pyridine rings is 1. The van der Waals surface area contributed by atoms with E-state index in [1.54, 1.807) is 13.1 Å². The second kappa shape index (κ2) is 9.56. The molecule has 1 aliphatic heterocycles. The van der Waals surface area contributed by atoms with Crippen molar-refractivity contribution < 1.29 is 23.9 Å². The predicted molar refractivity (Wildman–Crippen MR) is 109 cm³/mol. The maximum Gasteiger partial charge on any atom is 0.303 e. The third kappa shape index (κ3) is 6.05. The van der Waals surface area contributed by atoms with Crippen molar-refractivity contribution in [3.63, 3.8) is 0 Å². The summed E-state index contributed by atoms with van der Waals surface area (Å²) < 4.78 is 10.9. The number of hydrogen-bond donors (Lipinski definition) is 1. The zero-order valence-corrected chi connectivity index (χ0v) is 17.0. The quantitative estimate of drug-likeness (QED) is 0.663. The Balaban J connectivity index is 1.45. The van der Waals surface area contributed by atoms with Crippen LogP contribution in [0.4, 0.5) is 4.79 Å². The monoisotopic (exact) mass is 414 g/mol. The van der Waals surface area contributed by atoms with Gasteiger partial charge in [-0.15, -0.1) is 0 Å². The van der Waals surface area contributed by atoms with Gasteiger partial charge in [0.2, 0.25) is 5.91 Å². The van der Waals surface area contributed by atoms with Gasteiger partial charge in [-0.2, -0.15) is 0 Å². The normalized spacial score (nSPS) is 17.0. The Bertz CT molecular complexity index is 883. The fourth-order valence-electron chi connectivity index (χ4n) is 2.88. The first-order valence-corrected chi connectivity index (χ1v) is 10.1. The molecule has 1 unspecified atom stereocenters. The van der Waals surface area contributed by atoms with Crippen molar-refractivity contribution in [2.75, 3.05) is 6.61 Å². The number of nitrogens with zero attached hydrogens (tertiary/aromatic N) is 1. The minimum Gasteiger partial charge on any atom is -0.493 e. The number of benzene rings is 1. The van der Waals surface area contributed by atoms with E-state index in [4.69, 9.17) is 9.47 Å². The number of thioether (sulfide) groups is 1. The molecule has 1 fully saturated rings. The molecule has 1 saturated heterocycles. The molecular formula is C21H22N2O5S. The SMILES string of the molecule is CC(=O)OC(C)c1ccc(CCOc2ccc(C[C@H]3SC(=O)NC3=O)cc2)nc1. The van der Waals surface area contributed by atoms with Crippen molar-refractivity contribution in [3.8, 4) is 5.75 Å². The van der Waals surface area contributed by atoms with E-state index < -0.39 is 0 Å². The van der Waals surface area contributed by atoms with Gasteiger partial charge in [0, 0.05) is 30.8 Å². The van der Waals surface area contributed by atoms with Crippen molar-refractivity contribution in [1.82, 2.24) is 10.3 Å². The van der Waals surface area contributed by atoms with Gasteiger partial charge in [0.25, 0.3) is 5.24 Å². The minimum absolute atomic E-state index is 0.235. The van der Waals surface area contributed by atoms with E-state index in [1.165, 1.54) is 6.92 Å². The van der Waals surface area contributed by atoms with Crippen LogP contribution in [-0.4, -0.2) is 34.0 Å². The number of nitrogens with one attached hydrogen (secondary N) is 1. The average molecular weight is 414 g/mol. The molecule has 2 amide bonds. The van der Waals surface area contributed by atoms with Crippen molar-refractivity contribution in [1.29, 1.82) is 0 Å². The highest BCUT2D eigenvalue weighted by Crippen LogP contribution is 2.24. The Hall–Kier alpha value is -2.87. The van der Waals surface area contributed by atoms with Crippen LogP contribution in [0, 0.1) is 0 Å². The van der Waals surface area contributed by atoms with E-state index in [9.17, 15) is 14.4 Å². The number of hydrogen-bond acceptors (Lipinski definition) is 7. The Kier molecular flexibility index (Phi) is 6.87. The second-order valence-corrected chi connectivity index (χ2v) is 7.84. The Morgan fingerprint density at radius 3 is 2.55 bits per heavy atom. The summed E-state index contributed by atoms with van der Waals surface area (Å²) in [4.78, 5) is 38.3. The van der Waals surface area contributed by atoms with Crippen molar-refractivity contribution >= 4 is 28.9 Å². The molecule has 8 heteroatoms. The number of imide groups is 1. The number of amides is 2. The number of esters is 1. The molecule has 0 saturated carbocycles. The summed E-state index contributed by atoms with van der Waals surface area (Å²) in [5, 5.41) is 1.63. The molecule has 1 aliphatic rings. The number of carbonyl (C=O) groups excluding carboxylic acids is 3. The van der Waals surface area contributed by atoms with Crippen LogP contribution in [0.15, 0.2) is 42.6 Å². The molecule has 29 heavy (non-hydrogen) atoms. The molecular weight excluding hydrogens is 392 g/mol. The van der Waals surface area contributed by atoms with Gasteiger partial charge in [0.05, 0.1) is 11.9 Å². The molecule has 2 atom stereocenters. The van der Waals surface area contributed by atoms with Gasteiger partial charge in [0.1, 0.15) is 11.9 Å². The van der Waals surface area contributed by atoms with Crippen LogP contribution in [0.25, 0.3) is 0 Å². The van der Waals surface area contributed by atoms with Crippen LogP contribution < -0.4 is 10.1 Å². The largest absolute Gasteiger partial charge is 0.493 e. The molecule has 0 spiro atoms.